The molecule has 2 rings (SSSR count). The molecule has 1 aromatic heterocycles. The van der Waals surface area contributed by atoms with Crippen molar-refractivity contribution in [2.45, 2.75) is 19.4 Å². The average molecular weight is 286 g/mol. The number of hydrogen-bond acceptors (Lipinski definition) is 5. The summed E-state index contributed by atoms with van der Waals surface area (Å²) >= 11 is 0. The summed E-state index contributed by atoms with van der Waals surface area (Å²) in [6.45, 7) is 2.05. The number of ether oxygens (including phenoxy) is 1. The molecule has 0 spiro atoms. The SMILES string of the molecule is CCOC(=O)[C@@H](N)Cc1ccc(O)c(-c2ccccn2)c1. The molecular formula is C16H18N2O3. The number of aromatic hydroxyl groups is 1. The second kappa shape index (κ2) is 6.85. The van der Waals surface area contributed by atoms with Crippen molar-refractivity contribution in [3.8, 4) is 17.0 Å². The topological polar surface area (TPSA) is 85.4 Å². The Morgan fingerprint density at radius 1 is 1.38 bits per heavy atom. The molecule has 0 saturated carbocycles. The van der Waals surface area contributed by atoms with Crippen LogP contribution in [0.2, 0.25) is 0 Å². The van der Waals surface area contributed by atoms with Crippen LogP contribution in [0.4, 0.5) is 0 Å². The monoisotopic (exact) mass is 286 g/mol. The van der Waals surface area contributed by atoms with Crippen molar-refractivity contribution in [1.29, 1.82) is 0 Å². The normalized spacial score (nSPS) is 11.9. The number of carbonyl (C=O) groups excluding carboxylic acids is 1. The zero-order valence-electron chi connectivity index (χ0n) is 11.8. The fourth-order valence-electron chi connectivity index (χ4n) is 2.02. The Labute approximate surface area is 123 Å². The summed E-state index contributed by atoms with van der Waals surface area (Å²) in [5.41, 5.74) is 7.93. The predicted molar refractivity (Wildman–Crippen MR) is 79.7 cm³/mol. The lowest BCUT2D eigenvalue weighted by Gasteiger charge is -2.12. The van der Waals surface area contributed by atoms with Gasteiger partial charge in [0.2, 0.25) is 0 Å². The summed E-state index contributed by atoms with van der Waals surface area (Å²) in [6, 6.07) is 9.85. The van der Waals surface area contributed by atoms with Gasteiger partial charge in [-0.05, 0) is 43.2 Å². The van der Waals surface area contributed by atoms with Gasteiger partial charge >= 0.3 is 5.97 Å². The van der Waals surface area contributed by atoms with Gasteiger partial charge in [-0.25, -0.2) is 0 Å². The molecule has 0 bridgehead atoms. The van der Waals surface area contributed by atoms with Crippen molar-refractivity contribution in [3.63, 3.8) is 0 Å². The summed E-state index contributed by atoms with van der Waals surface area (Å²) in [5.74, 6) is -0.285. The quantitative estimate of drug-likeness (QED) is 0.820. The molecule has 5 heteroatoms. The fourth-order valence-corrected chi connectivity index (χ4v) is 2.02. The smallest absolute Gasteiger partial charge is 0.323 e. The molecule has 1 heterocycles. The zero-order chi connectivity index (χ0) is 15.2. The van der Waals surface area contributed by atoms with Gasteiger partial charge in [0.05, 0.1) is 12.3 Å². The van der Waals surface area contributed by atoms with Crippen LogP contribution < -0.4 is 5.73 Å². The van der Waals surface area contributed by atoms with Crippen LogP contribution in [-0.4, -0.2) is 28.7 Å². The summed E-state index contributed by atoms with van der Waals surface area (Å²) in [4.78, 5) is 15.8. The van der Waals surface area contributed by atoms with E-state index in [-0.39, 0.29) is 5.75 Å². The van der Waals surface area contributed by atoms with E-state index in [9.17, 15) is 9.90 Å². The number of benzene rings is 1. The number of pyridine rings is 1. The van der Waals surface area contributed by atoms with Crippen LogP contribution in [0.3, 0.4) is 0 Å². The summed E-state index contributed by atoms with van der Waals surface area (Å²) in [7, 11) is 0. The Morgan fingerprint density at radius 2 is 2.19 bits per heavy atom. The number of phenolic OH excluding ortho intramolecular Hbond substituents is 1. The van der Waals surface area contributed by atoms with Crippen molar-refractivity contribution >= 4 is 5.97 Å². The number of nitrogens with two attached hydrogens (primary N) is 1. The number of aromatic nitrogens is 1. The van der Waals surface area contributed by atoms with Gasteiger partial charge in [-0.2, -0.15) is 0 Å². The zero-order valence-corrected chi connectivity index (χ0v) is 11.8. The third kappa shape index (κ3) is 3.79. The minimum absolute atomic E-state index is 0.141. The van der Waals surface area contributed by atoms with E-state index in [1.165, 1.54) is 0 Å². The Hall–Kier alpha value is -2.40. The predicted octanol–water partition coefficient (Wildman–Crippen LogP) is 1.89. The van der Waals surface area contributed by atoms with Gasteiger partial charge in [-0.15, -0.1) is 0 Å². The molecule has 3 N–H and O–H groups in total. The molecule has 0 aliphatic carbocycles. The average Bonchev–Trinajstić information content (AvgIpc) is 2.50. The summed E-state index contributed by atoms with van der Waals surface area (Å²) in [6.07, 6.45) is 2.00. The Bertz CT molecular complexity index is 614. The van der Waals surface area contributed by atoms with Crippen LogP contribution in [0, 0.1) is 0 Å². The highest BCUT2D eigenvalue weighted by atomic mass is 16.5. The fraction of sp³-hybridized carbons (Fsp3) is 0.250. The van der Waals surface area contributed by atoms with Gasteiger partial charge in [0.15, 0.2) is 0 Å². The van der Waals surface area contributed by atoms with E-state index in [1.807, 2.05) is 12.1 Å². The van der Waals surface area contributed by atoms with Crippen molar-refractivity contribution in [3.05, 3.63) is 48.2 Å². The standard InChI is InChI=1S/C16H18N2O3/c1-2-21-16(20)13(17)10-11-6-7-15(19)12(9-11)14-5-3-4-8-18-14/h3-9,13,19H,2,10,17H2,1H3/t13-/m0/s1. The number of carbonyl (C=O) groups is 1. The lowest BCUT2D eigenvalue weighted by Crippen LogP contribution is -2.34. The van der Waals surface area contributed by atoms with Gasteiger partial charge in [0, 0.05) is 11.8 Å². The molecule has 0 unspecified atom stereocenters. The third-order valence-corrected chi connectivity index (χ3v) is 3.05. The van der Waals surface area contributed by atoms with Crippen molar-refractivity contribution in [2.24, 2.45) is 5.73 Å². The molecule has 1 atom stereocenters. The van der Waals surface area contributed by atoms with Crippen LogP contribution in [-0.2, 0) is 16.0 Å². The van der Waals surface area contributed by atoms with Gasteiger partial charge in [0.25, 0.3) is 0 Å². The summed E-state index contributed by atoms with van der Waals surface area (Å²) in [5, 5.41) is 9.95. The number of hydrogen-bond donors (Lipinski definition) is 2. The van der Waals surface area contributed by atoms with Crippen LogP contribution in [0.1, 0.15) is 12.5 Å². The number of nitrogens with zero attached hydrogens (tertiary/aromatic N) is 1. The minimum Gasteiger partial charge on any atom is -0.507 e. The van der Waals surface area contributed by atoms with E-state index in [1.54, 1.807) is 37.4 Å². The Morgan fingerprint density at radius 3 is 2.86 bits per heavy atom. The minimum atomic E-state index is -0.717. The second-order valence-corrected chi connectivity index (χ2v) is 4.63. The Kier molecular flexibility index (Phi) is 4.90. The highest BCUT2D eigenvalue weighted by Gasteiger charge is 2.16. The molecule has 110 valence electrons. The largest absolute Gasteiger partial charge is 0.507 e. The number of phenols is 1. The van der Waals surface area contributed by atoms with Gasteiger partial charge in [-0.3, -0.25) is 9.78 Å². The van der Waals surface area contributed by atoms with Crippen molar-refractivity contribution in [1.82, 2.24) is 4.98 Å². The van der Waals surface area contributed by atoms with E-state index >= 15 is 0 Å². The first-order valence-electron chi connectivity index (χ1n) is 6.77. The molecular weight excluding hydrogens is 268 g/mol. The van der Waals surface area contributed by atoms with Crippen LogP contribution in [0.15, 0.2) is 42.6 Å². The maximum Gasteiger partial charge on any atom is 0.323 e. The maximum atomic E-state index is 11.6. The first-order valence-corrected chi connectivity index (χ1v) is 6.77. The molecule has 1 aromatic carbocycles. The molecule has 5 nitrogen and oxygen atoms in total. The Balaban J connectivity index is 2.21. The number of rotatable bonds is 5. The first kappa shape index (κ1) is 15.0. The molecule has 0 aliphatic heterocycles. The van der Waals surface area contributed by atoms with E-state index < -0.39 is 12.0 Å². The van der Waals surface area contributed by atoms with Crippen molar-refractivity contribution < 1.29 is 14.6 Å². The molecule has 0 saturated heterocycles. The van der Waals surface area contributed by atoms with E-state index in [4.69, 9.17) is 10.5 Å². The molecule has 0 fully saturated rings. The maximum absolute atomic E-state index is 11.6. The molecule has 2 aromatic rings. The lowest BCUT2D eigenvalue weighted by molar-refractivity contribution is -0.144. The first-order chi connectivity index (χ1) is 10.1. The highest BCUT2D eigenvalue weighted by molar-refractivity contribution is 5.76. The molecule has 0 radical (unpaired) electrons. The van der Waals surface area contributed by atoms with Crippen LogP contribution in [0.25, 0.3) is 11.3 Å². The van der Waals surface area contributed by atoms with Gasteiger partial charge < -0.3 is 15.6 Å². The van der Waals surface area contributed by atoms with E-state index in [0.29, 0.717) is 24.3 Å². The lowest BCUT2D eigenvalue weighted by atomic mass is 10.0. The van der Waals surface area contributed by atoms with E-state index in [2.05, 4.69) is 4.98 Å². The molecule has 21 heavy (non-hydrogen) atoms. The van der Waals surface area contributed by atoms with Gasteiger partial charge in [-0.1, -0.05) is 12.1 Å². The highest BCUT2D eigenvalue weighted by Crippen LogP contribution is 2.28. The number of esters is 1. The van der Waals surface area contributed by atoms with Crippen molar-refractivity contribution in [2.75, 3.05) is 6.61 Å². The van der Waals surface area contributed by atoms with E-state index in [0.717, 1.165) is 5.56 Å². The second-order valence-electron chi connectivity index (χ2n) is 4.63. The molecule has 0 amide bonds. The third-order valence-electron chi connectivity index (χ3n) is 3.05. The van der Waals surface area contributed by atoms with Crippen LogP contribution in [0.5, 0.6) is 5.75 Å². The molecule has 0 aliphatic rings. The van der Waals surface area contributed by atoms with Crippen LogP contribution >= 0.6 is 0 Å². The van der Waals surface area contributed by atoms with Gasteiger partial charge in [0.1, 0.15) is 11.8 Å². The summed E-state index contributed by atoms with van der Waals surface area (Å²) < 4.78 is 4.89.